The number of aromatic nitrogens is 4. The number of nitrogens with zero attached hydrogens (tertiary/aromatic N) is 4. The maximum Gasteiger partial charge on any atom is 0.236 e. The van der Waals surface area contributed by atoms with Crippen molar-refractivity contribution in [1.29, 1.82) is 0 Å². The van der Waals surface area contributed by atoms with E-state index >= 15 is 0 Å². The standard InChI is InChI=1S/C25H33N5O2S/c1-17-18(2)29(15-20-12-9-13-32-20)24(26-17)33-16-23(31)27-22-14-21(25(3,4)5)28-30(22)19-10-7-6-8-11-19/h6-8,10-11,14,20H,9,12-13,15-16H2,1-5H3,(H,27,31). The minimum absolute atomic E-state index is 0.0838. The number of para-hydroxylation sites is 1. The fourth-order valence-electron chi connectivity index (χ4n) is 3.85. The maximum absolute atomic E-state index is 12.9. The third kappa shape index (κ3) is 5.50. The fourth-order valence-corrected chi connectivity index (χ4v) is 4.75. The monoisotopic (exact) mass is 467 g/mol. The second-order valence-electron chi connectivity index (χ2n) is 9.56. The van der Waals surface area contributed by atoms with Crippen LogP contribution in [0.1, 0.15) is 50.7 Å². The Morgan fingerprint density at radius 1 is 1.24 bits per heavy atom. The Morgan fingerprint density at radius 2 is 2.00 bits per heavy atom. The molecule has 1 unspecified atom stereocenters. The average molecular weight is 468 g/mol. The zero-order valence-corrected chi connectivity index (χ0v) is 20.9. The van der Waals surface area contributed by atoms with Crippen molar-refractivity contribution >= 4 is 23.5 Å². The van der Waals surface area contributed by atoms with Crippen LogP contribution >= 0.6 is 11.8 Å². The molecule has 1 aromatic carbocycles. The highest BCUT2D eigenvalue weighted by molar-refractivity contribution is 7.99. The van der Waals surface area contributed by atoms with Crippen LogP contribution in [-0.2, 0) is 21.5 Å². The van der Waals surface area contributed by atoms with Crippen molar-refractivity contribution in [2.45, 2.75) is 70.7 Å². The summed E-state index contributed by atoms with van der Waals surface area (Å²) in [5, 5.41) is 8.70. The predicted octanol–water partition coefficient (Wildman–Crippen LogP) is 4.89. The first-order chi connectivity index (χ1) is 15.7. The summed E-state index contributed by atoms with van der Waals surface area (Å²) in [6.45, 7) is 12.0. The van der Waals surface area contributed by atoms with Gasteiger partial charge in [-0.2, -0.15) is 5.10 Å². The molecule has 1 aliphatic heterocycles. The van der Waals surface area contributed by atoms with Gasteiger partial charge in [-0.15, -0.1) is 0 Å². The van der Waals surface area contributed by atoms with Gasteiger partial charge in [0.2, 0.25) is 5.91 Å². The molecule has 1 saturated heterocycles. The van der Waals surface area contributed by atoms with Crippen molar-refractivity contribution in [3.05, 3.63) is 53.5 Å². The molecule has 1 N–H and O–H groups in total. The van der Waals surface area contributed by atoms with Crippen molar-refractivity contribution in [1.82, 2.24) is 19.3 Å². The van der Waals surface area contributed by atoms with E-state index in [-0.39, 0.29) is 23.2 Å². The van der Waals surface area contributed by atoms with Crippen LogP contribution in [0.3, 0.4) is 0 Å². The summed E-state index contributed by atoms with van der Waals surface area (Å²) >= 11 is 1.46. The van der Waals surface area contributed by atoms with Gasteiger partial charge in [-0.25, -0.2) is 9.67 Å². The Morgan fingerprint density at radius 3 is 2.67 bits per heavy atom. The minimum atomic E-state index is -0.129. The van der Waals surface area contributed by atoms with E-state index in [9.17, 15) is 4.79 Å². The largest absolute Gasteiger partial charge is 0.376 e. The smallest absolute Gasteiger partial charge is 0.236 e. The van der Waals surface area contributed by atoms with Crippen LogP contribution in [0.25, 0.3) is 5.69 Å². The van der Waals surface area contributed by atoms with Crippen LogP contribution in [-0.4, -0.2) is 43.7 Å². The summed E-state index contributed by atoms with van der Waals surface area (Å²) in [5.74, 6) is 0.859. The molecule has 3 aromatic rings. The summed E-state index contributed by atoms with van der Waals surface area (Å²) in [6.07, 6.45) is 2.40. The summed E-state index contributed by atoms with van der Waals surface area (Å²) in [7, 11) is 0. The van der Waals surface area contributed by atoms with Gasteiger partial charge in [-0.1, -0.05) is 50.7 Å². The Bertz CT molecular complexity index is 1110. The van der Waals surface area contributed by atoms with Gasteiger partial charge in [0.15, 0.2) is 5.16 Å². The molecular weight excluding hydrogens is 434 g/mol. The summed E-state index contributed by atoms with van der Waals surface area (Å²) < 4.78 is 9.81. The van der Waals surface area contributed by atoms with E-state index in [4.69, 9.17) is 14.8 Å². The summed E-state index contributed by atoms with van der Waals surface area (Å²) in [4.78, 5) is 17.6. The van der Waals surface area contributed by atoms with E-state index in [1.165, 1.54) is 11.8 Å². The molecule has 3 heterocycles. The van der Waals surface area contributed by atoms with Gasteiger partial charge < -0.3 is 14.6 Å². The third-order valence-electron chi connectivity index (χ3n) is 5.91. The molecule has 7 nitrogen and oxygen atoms in total. The Labute approximate surface area is 199 Å². The van der Waals surface area contributed by atoms with Crippen molar-refractivity contribution in [2.75, 3.05) is 17.7 Å². The number of amides is 1. The van der Waals surface area contributed by atoms with Gasteiger partial charge in [0.05, 0.1) is 35.5 Å². The van der Waals surface area contributed by atoms with Crippen LogP contribution < -0.4 is 5.32 Å². The van der Waals surface area contributed by atoms with Crippen molar-refractivity contribution in [2.24, 2.45) is 0 Å². The fraction of sp³-hybridized carbons (Fsp3) is 0.480. The normalized spacial score (nSPS) is 16.3. The van der Waals surface area contributed by atoms with Gasteiger partial charge in [0.1, 0.15) is 5.82 Å². The quantitative estimate of drug-likeness (QED) is 0.501. The molecule has 0 aliphatic carbocycles. The van der Waals surface area contributed by atoms with E-state index in [1.807, 2.05) is 43.3 Å². The first kappa shape index (κ1) is 23.6. The van der Waals surface area contributed by atoms with Gasteiger partial charge in [-0.3, -0.25) is 4.79 Å². The van der Waals surface area contributed by atoms with Crippen LogP contribution in [0.2, 0.25) is 0 Å². The first-order valence-electron chi connectivity index (χ1n) is 11.5. The summed E-state index contributed by atoms with van der Waals surface area (Å²) in [5.41, 5.74) is 3.83. The number of anilines is 1. The van der Waals surface area contributed by atoms with Gasteiger partial charge in [-0.05, 0) is 38.8 Å². The highest BCUT2D eigenvalue weighted by atomic mass is 32.2. The molecule has 1 aliphatic rings. The topological polar surface area (TPSA) is 74.0 Å². The minimum Gasteiger partial charge on any atom is -0.376 e. The molecule has 2 aromatic heterocycles. The lowest BCUT2D eigenvalue weighted by Gasteiger charge is -2.14. The maximum atomic E-state index is 12.9. The molecule has 33 heavy (non-hydrogen) atoms. The Balaban J connectivity index is 1.49. The number of carbonyl (C=O) groups excluding carboxylic acids is 1. The number of benzene rings is 1. The number of nitrogens with one attached hydrogen (secondary N) is 1. The molecular formula is C25H33N5O2S. The SMILES string of the molecule is Cc1nc(SCC(=O)Nc2cc(C(C)(C)C)nn2-c2ccccc2)n(CC2CCCO2)c1C. The van der Waals surface area contributed by atoms with E-state index in [0.717, 1.165) is 53.9 Å². The molecule has 0 spiro atoms. The number of ether oxygens (including phenoxy) is 1. The molecule has 1 atom stereocenters. The van der Waals surface area contributed by atoms with Gasteiger partial charge >= 0.3 is 0 Å². The third-order valence-corrected chi connectivity index (χ3v) is 6.89. The number of hydrogen-bond acceptors (Lipinski definition) is 5. The van der Waals surface area contributed by atoms with E-state index in [2.05, 4.69) is 37.6 Å². The zero-order valence-electron chi connectivity index (χ0n) is 20.1. The Kier molecular flexibility index (Phi) is 6.95. The zero-order chi connectivity index (χ0) is 23.6. The van der Waals surface area contributed by atoms with Crippen LogP contribution in [0.4, 0.5) is 5.82 Å². The van der Waals surface area contributed by atoms with Crippen molar-refractivity contribution < 1.29 is 9.53 Å². The number of thioether (sulfide) groups is 1. The van der Waals surface area contributed by atoms with Crippen molar-refractivity contribution in [3.63, 3.8) is 0 Å². The lowest BCUT2D eigenvalue weighted by molar-refractivity contribution is -0.113. The molecule has 176 valence electrons. The molecule has 4 rings (SSSR count). The molecule has 0 bridgehead atoms. The molecule has 1 fully saturated rings. The highest BCUT2D eigenvalue weighted by Gasteiger charge is 2.23. The summed E-state index contributed by atoms with van der Waals surface area (Å²) in [6, 6.07) is 11.8. The molecule has 1 amide bonds. The van der Waals surface area contributed by atoms with Gasteiger partial charge in [0, 0.05) is 23.8 Å². The van der Waals surface area contributed by atoms with Crippen LogP contribution in [0.15, 0.2) is 41.6 Å². The van der Waals surface area contributed by atoms with Crippen molar-refractivity contribution in [3.8, 4) is 5.69 Å². The first-order valence-corrected chi connectivity index (χ1v) is 12.4. The molecule has 0 radical (unpaired) electrons. The van der Waals surface area contributed by atoms with Crippen LogP contribution in [0.5, 0.6) is 0 Å². The number of carbonyl (C=O) groups is 1. The number of rotatable bonds is 7. The number of aryl methyl sites for hydroxylation is 1. The molecule has 8 heteroatoms. The number of imidazole rings is 1. The predicted molar refractivity (Wildman–Crippen MR) is 132 cm³/mol. The lowest BCUT2D eigenvalue weighted by atomic mass is 9.92. The second kappa shape index (κ2) is 9.73. The molecule has 0 saturated carbocycles. The second-order valence-corrected chi connectivity index (χ2v) is 10.5. The number of hydrogen-bond donors (Lipinski definition) is 1. The van der Waals surface area contributed by atoms with E-state index in [1.54, 1.807) is 4.68 Å². The average Bonchev–Trinajstić information content (AvgIpc) is 3.50. The highest BCUT2D eigenvalue weighted by Crippen LogP contribution is 2.27. The van der Waals surface area contributed by atoms with Gasteiger partial charge in [0.25, 0.3) is 0 Å². The lowest BCUT2D eigenvalue weighted by Crippen LogP contribution is -2.19. The van der Waals surface area contributed by atoms with E-state index in [0.29, 0.717) is 5.82 Å². The Hall–Kier alpha value is -2.58. The van der Waals surface area contributed by atoms with E-state index < -0.39 is 0 Å². The van der Waals surface area contributed by atoms with Crippen LogP contribution in [0, 0.1) is 13.8 Å².